The van der Waals surface area contributed by atoms with Crippen LogP contribution in [0, 0.1) is 5.92 Å². The van der Waals surface area contributed by atoms with Gasteiger partial charge in [-0.3, -0.25) is 4.79 Å². The second-order valence-electron chi connectivity index (χ2n) is 6.80. The summed E-state index contributed by atoms with van der Waals surface area (Å²) in [6.45, 7) is 6.61. The first-order valence-electron chi connectivity index (χ1n) is 9.85. The number of carbonyl (C=O) groups excluding carboxylic acids is 2. The molecule has 0 aromatic heterocycles. The Morgan fingerprint density at radius 1 is 0.897 bits per heavy atom. The zero-order chi connectivity index (χ0) is 21.2. The Hall–Kier alpha value is -2.53. The van der Waals surface area contributed by atoms with Crippen LogP contribution >= 0.6 is 11.6 Å². The van der Waals surface area contributed by atoms with E-state index in [9.17, 15) is 9.59 Å². The van der Waals surface area contributed by atoms with Crippen molar-refractivity contribution in [2.75, 3.05) is 6.61 Å². The number of carbonyl (C=O) groups is 2. The van der Waals surface area contributed by atoms with Gasteiger partial charge in [-0.15, -0.1) is 11.6 Å². The predicted octanol–water partition coefficient (Wildman–Crippen LogP) is 5.64. The zero-order valence-corrected chi connectivity index (χ0v) is 17.8. The van der Waals surface area contributed by atoms with Crippen LogP contribution in [0.2, 0.25) is 0 Å². The maximum absolute atomic E-state index is 12.3. The molecule has 0 fully saturated rings. The number of rotatable bonds is 10. The number of ether oxygens (including phenoxy) is 3. The number of hydrogen-bond acceptors (Lipinski definition) is 5. The SMILES string of the molecule is CCCCOc1ccc(C(=O)Oc2ccc(OC(=O)C(Cl)C(C)CC)cc2)cc1. The Bertz CT molecular complexity index is 786. The average molecular weight is 419 g/mol. The van der Waals surface area contributed by atoms with E-state index in [4.69, 9.17) is 25.8 Å². The Morgan fingerprint density at radius 2 is 1.45 bits per heavy atom. The van der Waals surface area contributed by atoms with Gasteiger partial charge in [0.1, 0.15) is 22.6 Å². The van der Waals surface area contributed by atoms with Crippen molar-refractivity contribution < 1.29 is 23.8 Å². The zero-order valence-electron chi connectivity index (χ0n) is 17.0. The lowest BCUT2D eigenvalue weighted by Gasteiger charge is -2.15. The van der Waals surface area contributed by atoms with Crippen molar-refractivity contribution in [1.82, 2.24) is 0 Å². The van der Waals surface area contributed by atoms with E-state index in [-0.39, 0.29) is 5.92 Å². The van der Waals surface area contributed by atoms with E-state index < -0.39 is 17.3 Å². The van der Waals surface area contributed by atoms with Gasteiger partial charge in [0.25, 0.3) is 0 Å². The summed E-state index contributed by atoms with van der Waals surface area (Å²) in [5.41, 5.74) is 0.418. The van der Waals surface area contributed by atoms with Gasteiger partial charge in [0.2, 0.25) is 0 Å². The van der Waals surface area contributed by atoms with Crippen LogP contribution in [0.5, 0.6) is 17.2 Å². The van der Waals surface area contributed by atoms with E-state index in [1.165, 1.54) is 0 Å². The van der Waals surface area contributed by atoms with Crippen LogP contribution in [0.25, 0.3) is 0 Å². The van der Waals surface area contributed by atoms with Crippen molar-refractivity contribution in [3.63, 3.8) is 0 Å². The first kappa shape index (κ1) is 22.8. The van der Waals surface area contributed by atoms with Crippen molar-refractivity contribution in [2.24, 2.45) is 5.92 Å². The summed E-state index contributed by atoms with van der Waals surface area (Å²) >= 11 is 6.09. The highest BCUT2D eigenvalue weighted by molar-refractivity contribution is 6.30. The fourth-order valence-electron chi connectivity index (χ4n) is 2.37. The number of unbranched alkanes of at least 4 members (excludes halogenated alkanes) is 1. The van der Waals surface area contributed by atoms with Crippen LogP contribution < -0.4 is 14.2 Å². The molecule has 0 N–H and O–H groups in total. The van der Waals surface area contributed by atoms with Crippen molar-refractivity contribution in [3.05, 3.63) is 54.1 Å². The molecule has 156 valence electrons. The molecule has 2 atom stereocenters. The Balaban J connectivity index is 1.90. The molecular formula is C23H27ClO5. The molecule has 2 aromatic carbocycles. The third-order valence-electron chi connectivity index (χ3n) is 4.48. The summed E-state index contributed by atoms with van der Waals surface area (Å²) in [4.78, 5) is 24.3. The molecule has 6 heteroatoms. The van der Waals surface area contributed by atoms with Gasteiger partial charge in [-0.1, -0.05) is 33.6 Å². The number of hydrogen-bond donors (Lipinski definition) is 0. The molecule has 2 aromatic rings. The van der Waals surface area contributed by atoms with Crippen LogP contribution in [0.3, 0.4) is 0 Å². The monoisotopic (exact) mass is 418 g/mol. The lowest BCUT2D eigenvalue weighted by molar-refractivity contribution is -0.134. The van der Waals surface area contributed by atoms with Crippen LogP contribution in [0.4, 0.5) is 0 Å². The van der Waals surface area contributed by atoms with Gasteiger partial charge < -0.3 is 14.2 Å². The van der Waals surface area contributed by atoms with E-state index in [2.05, 4.69) is 6.92 Å². The third-order valence-corrected chi connectivity index (χ3v) is 5.09. The molecule has 0 saturated heterocycles. The maximum Gasteiger partial charge on any atom is 0.343 e. The number of benzene rings is 2. The summed E-state index contributed by atoms with van der Waals surface area (Å²) < 4.78 is 16.2. The largest absolute Gasteiger partial charge is 0.494 e. The highest BCUT2D eigenvalue weighted by atomic mass is 35.5. The van der Waals surface area contributed by atoms with E-state index in [1.807, 2.05) is 13.8 Å². The van der Waals surface area contributed by atoms with Gasteiger partial charge in [-0.2, -0.15) is 0 Å². The topological polar surface area (TPSA) is 61.8 Å². The normalized spacial score (nSPS) is 12.7. The summed E-state index contributed by atoms with van der Waals surface area (Å²) in [6, 6.07) is 13.1. The molecule has 2 unspecified atom stereocenters. The Kier molecular flexibility index (Phi) is 9.00. The molecule has 0 aliphatic carbocycles. The molecule has 2 rings (SSSR count). The minimum absolute atomic E-state index is 0.0211. The molecule has 0 heterocycles. The summed E-state index contributed by atoms with van der Waals surface area (Å²) in [5.74, 6) is 0.461. The van der Waals surface area contributed by atoms with Gasteiger partial charge in [-0.25, -0.2) is 4.79 Å². The summed E-state index contributed by atoms with van der Waals surface area (Å²) in [5, 5.41) is -0.702. The standard InChI is InChI=1S/C23H27ClO5/c1-4-6-15-27-18-9-7-17(8-10-18)22(25)28-19-11-13-20(14-12-19)29-23(26)21(24)16(3)5-2/h7-14,16,21H,4-6,15H2,1-3H3. The van der Waals surface area contributed by atoms with Crippen molar-refractivity contribution >= 4 is 23.5 Å². The molecule has 0 aliphatic rings. The summed E-state index contributed by atoms with van der Waals surface area (Å²) in [7, 11) is 0. The van der Waals surface area contributed by atoms with Gasteiger partial charge in [0.15, 0.2) is 0 Å². The maximum atomic E-state index is 12.3. The fraction of sp³-hybridized carbons (Fsp3) is 0.391. The molecule has 0 saturated carbocycles. The van der Waals surface area contributed by atoms with Crippen LogP contribution in [-0.4, -0.2) is 23.9 Å². The van der Waals surface area contributed by atoms with E-state index in [1.54, 1.807) is 48.5 Å². The molecule has 5 nitrogen and oxygen atoms in total. The first-order chi connectivity index (χ1) is 13.9. The second kappa shape index (κ2) is 11.5. The quantitative estimate of drug-likeness (QED) is 0.216. The molecular weight excluding hydrogens is 392 g/mol. The molecule has 0 bridgehead atoms. The van der Waals surface area contributed by atoms with Crippen LogP contribution in [-0.2, 0) is 4.79 Å². The second-order valence-corrected chi connectivity index (χ2v) is 7.27. The van der Waals surface area contributed by atoms with Crippen molar-refractivity contribution in [3.8, 4) is 17.2 Å². The highest BCUT2D eigenvalue weighted by Gasteiger charge is 2.23. The lowest BCUT2D eigenvalue weighted by Crippen LogP contribution is -2.26. The minimum Gasteiger partial charge on any atom is -0.494 e. The number of halogens is 1. The third kappa shape index (κ3) is 7.09. The van der Waals surface area contributed by atoms with Crippen molar-refractivity contribution in [2.45, 2.75) is 45.4 Å². The van der Waals surface area contributed by atoms with E-state index in [0.717, 1.165) is 25.0 Å². The molecule has 29 heavy (non-hydrogen) atoms. The minimum atomic E-state index is -0.702. The highest BCUT2D eigenvalue weighted by Crippen LogP contribution is 2.22. The van der Waals surface area contributed by atoms with Gasteiger partial charge >= 0.3 is 11.9 Å². The number of esters is 2. The van der Waals surface area contributed by atoms with Crippen LogP contribution in [0.1, 0.15) is 50.4 Å². The molecule has 0 aliphatic heterocycles. The number of alkyl halides is 1. The Morgan fingerprint density at radius 3 is 2.00 bits per heavy atom. The fourth-order valence-corrected chi connectivity index (χ4v) is 2.60. The first-order valence-corrected chi connectivity index (χ1v) is 10.3. The predicted molar refractivity (Wildman–Crippen MR) is 113 cm³/mol. The van der Waals surface area contributed by atoms with Crippen LogP contribution in [0.15, 0.2) is 48.5 Å². The van der Waals surface area contributed by atoms with E-state index >= 15 is 0 Å². The summed E-state index contributed by atoms with van der Waals surface area (Å²) in [6.07, 6.45) is 2.83. The lowest BCUT2D eigenvalue weighted by atomic mass is 10.1. The molecule has 0 amide bonds. The van der Waals surface area contributed by atoms with E-state index in [0.29, 0.717) is 23.7 Å². The molecule has 0 spiro atoms. The average Bonchev–Trinajstić information content (AvgIpc) is 2.74. The van der Waals surface area contributed by atoms with Gasteiger partial charge in [0.05, 0.1) is 12.2 Å². The van der Waals surface area contributed by atoms with Crippen molar-refractivity contribution in [1.29, 1.82) is 0 Å². The smallest absolute Gasteiger partial charge is 0.343 e. The Labute approximate surface area is 176 Å². The van der Waals surface area contributed by atoms with Gasteiger partial charge in [0, 0.05) is 0 Å². The molecule has 0 radical (unpaired) electrons. The van der Waals surface area contributed by atoms with Gasteiger partial charge in [-0.05, 0) is 60.9 Å².